The minimum absolute atomic E-state index is 0. The Balaban J connectivity index is 0.00000208. The molecule has 0 radical (unpaired) electrons. The molecule has 0 amide bonds. The van der Waals surface area contributed by atoms with E-state index in [1.54, 1.807) is 0 Å². The monoisotopic (exact) mass is 451 g/mol. The van der Waals surface area contributed by atoms with Gasteiger partial charge in [0.25, 0.3) is 0 Å². The maximum absolute atomic E-state index is 5.72. The number of halogens is 1. The van der Waals surface area contributed by atoms with Gasteiger partial charge in [-0.1, -0.05) is 19.3 Å². The second-order valence-electron chi connectivity index (χ2n) is 7.42. The first kappa shape index (κ1) is 20.2. The number of likely N-dealkylation sites (tertiary alicyclic amines) is 1. The average molecular weight is 451 g/mol. The van der Waals surface area contributed by atoms with Crippen molar-refractivity contribution in [2.75, 3.05) is 46.5 Å². The lowest BCUT2D eigenvalue weighted by Crippen LogP contribution is -2.42. The van der Waals surface area contributed by atoms with Gasteiger partial charge in [-0.25, -0.2) is 0 Å². The zero-order chi connectivity index (χ0) is 16.0. The number of nitrogens with zero attached hydrogens (tertiary/aromatic N) is 2. The first-order chi connectivity index (χ1) is 11.3. The van der Waals surface area contributed by atoms with Crippen LogP contribution in [0.4, 0.5) is 0 Å². The Labute approximate surface area is 164 Å². The molecule has 2 saturated heterocycles. The van der Waals surface area contributed by atoms with Gasteiger partial charge in [0.1, 0.15) is 0 Å². The molecule has 0 aromatic carbocycles. The Morgan fingerprint density at radius 2 is 2.08 bits per heavy atom. The van der Waals surface area contributed by atoms with Crippen LogP contribution in [0.25, 0.3) is 0 Å². The molecule has 1 N–H and O–H groups in total. The van der Waals surface area contributed by atoms with Crippen LogP contribution in [0, 0.1) is 5.41 Å². The third-order valence-corrected chi connectivity index (χ3v) is 5.72. The second-order valence-corrected chi connectivity index (χ2v) is 7.42. The fourth-order valence-electron chi connectivity index (χ4n) is 4.38. The highest BCUT2D eigenvalue weighted by Gasteiger charge is 2.39. The Bertz CT molecular complexity index is 394. The first-order valence-corrected chi connectivity index (χ1v) is 9.46. The highest BCUT2D eigenvalue weighted by Crippen LogP contribution is 2.43. The summed E-state index contributed by atoms with van der Waals surface area (Å²) in [5.74, 6) is 1.05. The zero-order valence-corrected chi connectivity index (χ0v) is 17.4. The molecular weight excluding hydrogens is 417 g/mol. The molecule has 3 fully saturated rings. The Morgan fingerprint density at radius 3 is 2.79 bits per heavy atom. The summed E-state index contributed by atoms with van der Waals surface area (Å²) >= 11 is 0. The smallest absolute Gasteiger partial charge is 0.193 e. The van der Waals surface area contributed by atoms with E-state index in [1.807, 2.05) is 7.05 Å². The summed E-state index contributed by atoms with van der Waals surface area (Å²) < 4.78 is 11.3. The molecule has 3 aliphatic rings. The van der Waals surface area contributed by atoms with Crippen molar-refractivity contribution in [3.8, 4) is 0 Å². The number of ether oxygens (including phenoxy) is 2. The fraction of sp³-hybridized carbons (Fsp3) is 0.944. The number of rotatable bonds is 5. The van der Waals surface area contributed by atoms with Gasteiger partial charge >= 0.3 is 0 Å². The molecule has 1 aliphatic carbocycles. The molecule has 2 heterocycles. The molecule has 3 rings (SSSR count). The molecule has 140 valence electrons. The number of guanidine groups is 1. The lowest BCUT2D eigenvalue weighted by atomic mass is 9.73. The standard InChI is InChI=1S/C18H33N3O2.HI/c1-19-17(20-10-13-22-14-16-6-5-12-23-16)21-11-9-18(15-21)7-3-2-4-8-18;/h16H,2-15H2,1H3,(H,19,20);1H. The van der Waals surface area contributed by atoms with Crippen molar-refractivity contribution in [3.05, 3.63) is 0 Å². The van der Waals surface area contributed by atoms with Crippen molar-refractivity contribution in [3.63, 3.8) is 0 Å². The van der Waals surface area contributed by atoms with Gasteiger partial charge in [0.2, 0.25) is 0 Å². The molecule has 0 aromatic rings. The van der Waals surface area contributed by atoms with E-state index >= 15 is 0 Å². The van der Waals surface area contributed by atoms with Crippen LogP contribution >= 0.6 is 24.0 Å². The van der Waals surface area contributed by atoms with Crippen LogP contribution in [0.5, 0.6) is 0 Å². The zero-order valence-electron chi connectivity index (χ0n) is 15.1. The van der Waals surface area contributed by atoms with Gasteiger partial charge in [0, 0.05) is 33.3 Å². The van der Waals surface area contributed by atoms with E-state index in [9.17, 15) is 0 Å². The molecular formula is C18H34IN3O2. The molecule has 1 atom stereocenters. The SMILES string of the molecule is CN=C(NCCOCC1CCCO1)N1CCC2(CCCCC2)C1.I. The van der Waals surface area contributed by atoms with Crippen molar-refractivity contribution in [1.82, 2.24) is 10.2 Å². The van der Waals surface area contributed by atoms with Crippen LogP contribution in [0.1, 0.15) is 51.4 Å². The normalized spacial score (nSPS) is 26.6. The summed E-state index contributed by atoms with van der Waals surface area (Å²) in [6.45, 7) is 5.50. The summed E-state index contributed by atoms with van der Waals surface area (Å²) in [5.41, 5.74) is 0.576. The Morgan fingerprint density at radius 1 is 1.25 bits per heavy atom. The summed E-state index contributed by atoms with van der Waals surface area (Å²) in [4.78, 5) is 6.92. The van der Waals surface area contributed by atoms with E-state index in [1.165, 1.54) is 51.5 Å². The molecule has 0 aromatic heterocycles. The van der Waals surface area contributed by atoms with Gasteiger partial charge in [-0.05, 0) is 37.5 Å². The van der Waals surface area contributed by atoms with Crippen LogP contribution in [-0.4, -0.2) is 63.5 Å². The van der Waals surface area contributed by atoms with Crippen molar-refractivity contribution in [2.24, 2.45) is 10.4 Å². The molecule has 0 bridgehead atoms. The van der Waals surface area contributed by atoms with Crippen LogP contribution in [0.2, 0.25) is 0 Å². The van der Waals surface area contributed by atoms with E-state index in [2.05, 4.69) is 15.2 Å². The topological polar surface area (TPSA) is 46.1 Å². The van der Waals surface area contributed by atoms with Gasteiger partial charge in [0.05, 0.1) is 19.3 Å². The minimum Gasteiger partial charge on any atom is -0.377 e. The summed E-state index contributed by atoms with van der Waals surface area (Å²) in [6, 6.07) is 0. The summed E-state index contributed by atoms with van der Waals surface area (Å²) in [5, 5.41) is 3.47. The molecule has 6 heteroatoms. The largest absolute Gasteiger partial charge is 0.377 e. The van der Waals surface area contributed by atoms with E-state index < -0.39 is 0 Å². The predicted octanol–water partition coefficient (Wildman–Crippen LogP) is 3.03. The fourth-order valence-corrected chi connectivity index (χ4v) is 4.38. The van der Waals surface area contributed by atoms with E-state index in [4.69, 9.17) is 9.47 Å². The van der Waals surface area contributed by atoms with Crippen LogP contribution < -0.4 is 5.32 Å². The minimum atomic E-state index is 0. The molecule has 1 unspecified atom stereocenters. The summed E-state index contributed by atoms with van der Waals surface area (Å²) in [7, 11) is 1.89. The molecule has 1 saturated carbocycles. The van der Waals surface area contributed by atoms with Crippen molar-refractivity contribution >= 4 is 29.9 Å². The van der Waals surface area contributed by atoms with Crippen molar-refractivity contribution in [1.29, 1.82) is 0 Å². The second kappa shape index (κ2) is 10.2. The van der Waals surface area contributed by atoms with Gasteiger partial charge in [-0.15, -0.1) is 24.0 Å². The highest BCUT2D eigenvalue weighted by atomic mass is 127. The van der Waals surface area contributed by atoms with Gasteiger partial charge < -0.3 is 19.7 Å². The highest BCUT2D eigenvalue weighted by molar-refractivity contribution is 14.0. The van der Waals surface area contributed by atoms with Crippen LogP contribution in [0.15, 0.2) is 4.99 Å². The Kier molecular flexibility index (Phi) is 8.57. The lowest BCUT2D eigenvalue weighted by molar-refractivity contribution is 0.0190. The summed E-state index contributed by atoms with van der Waals surface area (Å²) in [6.07, 6.45) is 11.0. The average Bonchev–Trinajstić information content (AvgIpc) is 3.22. The van der Waals surface area contributed by atoms with Crippen LogP contribution in [0.3, 0.4) is 0 Å². The van der Waals surface area contributed by atoms with E-state index in [0.717, 1.165) is 45.3 Å². The van der Waals surface area contributed by atoms with E-state index in [-0.39, 0.29) is 24.0 Å². The molecule has 5 nitrogen and oxygen atoms in total. The number of aliphatic imine (C=N–C) groups is 1. The van der Waals surface area contributed by atoms with Gasteiger partial charge in [-0.3, -0.25) is 4.99 Å². The maximum Gasteiger partial charge on any atom is 0.193 e. The molecule has 2 aliphatic heterocycles. The lowest BCUT2D eigenvalue weighted by Gasteiger charge is -2.33. The van der Waals surface area contributed by atoms with Crippen LogP contribution in [-0.2, 0) is 9.47 Å². The number of nitrogens with one attached hydrogen (secondary N) is 1. The Hall–Kier alpha value is -0.0800. The predicted molar refractivity (Wildman–Crippen MR) is 108 cm³/mol. The third-order valence-electron chi connectivity index (χ3n) is 5.72. The first-order valence-electron chi connectivity index (χ1n) is 9.46. The molecule has 24 heavy (non-hydrogen) atoms. The number of hydrogen-bond acceptors (Lipinski definition) is 3. The third kappa shape index (κ3) is 5.46. The van der Waals surface area contributed by atoms with Gasteiger partial charge in [-0.2, -0.15) is 0 Å². The van der Waals surface area contributed by atoms with E-state index in [0.29, 0.717) is 11.5 Å². The number of hydrogen-bond donors (Lipinski definition) is 1. The maximum atomic E-state index is 5.72. The van der Waals surface area contributed by atoms with Gasteiger partial charge in [0.15, 0.2) is 5.96 Å². The van der Waals surface area contributed by atoms with Crippen molar-refractivity contribution < 1.29 is 9.47 Å². The van der Waals surface area contributed by atoms with Crippen molar-refractivity contribution in [2.45, 2.75) is 57.5 Å². The molecule has 1 spiro atoms. The quantitative estimate of drug-likeness (QED) is 0.302.